The standard InChI is InChI=1S/C39H49NO5/c1-3-44-39(42)36-18-11-12-27-40(36)28-26-33(30-32-21-24-35(25-22-32)38(41)43-2)20-23-34-17-9-10-19-37(34)45-29-13-5-8-16-31-14-6-4-7-15-31/h4,6-7,9-10,14-15,17,19-25,33,36H,3,5,8,11-13,16,18,26-30H2,1-2H3. The van der Waals surface area contributed by atoms with Crippen LogP contribution >= 0.6 is 0 Å². The molecule has 0 amide bonds. The van der Waals surface area contributed by atoms with Gasteiger partial charge in [0.15, 0.2) is 0 Å². The largest absolute Gasteiger partial charge is 0.493 e. The third-order valence-corrected chi connectivity index (χ3v) is 8.51. The van der Waals surface area contributed by atoms with Crippen LogP contribution in [0.25, 0.3) is 6.08 Å². The second-order valence-corrected chi connectivity index (χ2v) is 11.8. The van der Waals surface area contributed by atoms with Crippen LogP contribution in [-0.4, -0.2) is 56.3 Å². The number of nitrogens with zero attached hydrogens (tertiary/aromatic N) is 1. The lowest BCUT2D eigenvalue weighted by molar-refractivity contribution is -0.151. The lowest BCUT2D eigenvalue weighted by atomic mass is 9.93. The van der Waals surface area contributed by atoms with E-state index in [-0.39, 0.29) is 23.9 Å². The van der Waals surface area contributed by atoms with Gasteiger partial charge in [0.1, 0.15) is 11.8 Å². The average molecular weight is 612 g/mol. The zero-order chi connectivity index (χ0) is 31.7. The quantitative estimate of drug-likeness (QED) is 0.114. The van der Waals surface area contributed by atoms with Crippen LogP contribution < -0.4 is 4.74 Å². The number of esters is 2. The summed E-state index contributed by atoms with van der Waals surface area (Å²) in [5.41, 5.74) is 4.15. The Morgan fingerprint density at radius 3 is 2.47 bits per heavy atom. The van der Waals surface area contributed by atoms with Crippen molar-refractivity contribution in [1.82, 2.24) is 4.90 Å². The maximum absolute atomic E-state index is 12.7. The van der Waals surface area contributed by atoms with E-state index in [1.54, 1.807) is 0 Å². The van der Waals surface area contributed by atoms with Crippen LogP contribution in [0.3, 0.4) is 0 Å². The molecule has 240 valence electrons. The molecule has 45 heavy (non-hydrogen) atoms. The molecule has 2 atom stereocenters. The number of piperidine rings is 1. The molecule has 1 saturated heterocycles. The smallest absolute Gasteiger partial charge is 0.337 e. The number of carbonyl (C=O) groups is 2. The SMILES string of the molecule is CCOC(=O)C1CCCCN1CCC(C=Cc1ccccc1OCCCCCc1ccccc1)Cc1ccc(C(=O)OC)cc1. The highest BCUT2D eigenvalue weighted by Crippen LogP contribution is 2.25. The molecule has 6 heteroatoms. The predicted molar refractivity (Wildman–Crippen MR) is 180 cm³/mol. The van der Waals surface area contributed by atoms with Crippen molar-refractivity contribution in [2.45, 2.75) is 70.8 Å². The number of aryl methyl sites for hydroxylation is 1. The molecule has 0 N–H and O–H groups in total. The first-order valence-corrected chi connectivity index (χ1v) is 16.6. The maximum atomic E-state index is 12.7. The summed E-state index contributed by atoms with van der Waals surface area (Å²) >= 11 is 0. The van der Waals surface area contributed by atoms with Gasteiger partial charge >= 0.3 is 11.9 Å². The van der Waals surface area contributed by atoms with Gasteiger partial charge in [-0.3, -0.25) is 9.69 Å². The van der Waals surface area contributed by atoms with Gasteiger partial charge in [0.2, 0.25) is 0 Å². The fourth-order valence-electron chi connectivity index (χ4n) is 5.98. The van der Waals surface area contributed by atoms with Crippen LogP contribution in [0.2, 0.25) is 0 Å². The minimum absolute atomic E-state index is 0.103. The van der Waals surface area contributed by atoms with Crippen molar-refractivity contribution in [3.05, 3.63) is 107 Å². The normalized spacial score (nSPS) is 15.9. The molecule has 6 nitrogen and oxygen atoms in total. The number of unbranched alkanes of at least 4 members (excludes halogenated alkanes) is 2. The minimum Gasteiger partial charge on any atom is -0.493 e. The molecular formula is C39H49NO5. The van der Waals surface area contributed by atoms with E-state index in [4.69, 9.17) is 14.2 Å². The summed E-state index contributed by atoms with van der Waals surface area (Å²) in [4.78, 5) is 26.9. The molecule has 0 radical (unpaired) electrons. The molecule has 0 spiro atoms. The number of hydrogen-bond acceptors (Lipinski definition) is 6. The molecule has 1 heterocycles. The highest BCUT2D eigenvalue weighted by atomic mass is 16.5. The summed E-state index contributed by atoms with van der Waals surface area (Å²) in [6.45, 7) is 4.70. The summed E-state index contributed by atoms with van der Waals surface area (Å²) in [7, 11) is 1.40. The predicted octanol–water partition coefficient (Wildman–Crippen LogP) is 7.94. The lowest BCUT2D eigenvalue weighted by Gasteiger charge is -2.34. The molecule has 1 fully saturated rings. The highest BCUT2D eigenvalue weighted by Gasteiger charge is 2.29. The topological polar surface area (TPSA) is 65.1 Å². The molecule has 0 bridgehead atoms. The monoisotopic (exact) mass is 611 g/mol. The number of carbonyl (C=O) groups excluding carboxylic acids is 2. The Balaban J connectivity index is 1.39. The molecule has 4 rings (SSSR count). The summed E-state index contributed by atoms with van der Waals surface area (Å²) in [5, 5.41) is 0. The summed E-state index contributed by atoms with van der Waals surface area (Å²) in [5.74, 6) is 0.691. The average Bonchev–Trinajstić information content (AvgIpc) is 3.08. The third-order valence-electron chi connectivity index (χ3n) is 8.51. The third kappa shape index (κ3) is 11.2. The number of hydrogen-bond donors (Lipinski definition) is 0. The van der Waals surface area contributed by atoms with Crippen LogP contribution in [0.5, 0.6) is 5.75 Å². The number of allylic oxidation sites excluding steroid dienone is 1. The Hall–Kier alpha value is -3.90. The lowest BCUT2D eigenvalue weighted by Crippen LogP contribution is -2.46. The van der Waals surface area contributed by atoms with E-state index in [9.17, 15) is 9.59 Å². The van der Waals surface area contributed by atoms with Crippen molar-refractivity contribution >= 4 is 18.0 Å². The zero-order valence-electron chi connectivity index (χ0n) is 27.0. The van der Waals surface area contributed by atoms with Gasteiger partial charge in [-0.15, -0.1) is 0 Å². The van der Waals surface area contributed by atoms with E-state index < -0.39 is 0 Å². The van der Waals surface area contributed by atoms with Gasteiger partial charge in [-0.05, 0) is 107 Å². The van der Waals surface area contributed by atoms with Crippen molar-refractivity contribution in [1.29, 1.82) is 0 Å². The van der Waals surface area contributed by atoms with Crippen LogP contribution in [0.1, 0.15) is 78.9 Å². The van der Waals surface area contributed by atoms with Gasteiger partial charge in [-0.1, -0.05) is 79.2 Å². The number of rotatable bonds is 17. The van der Waals surface area contributed by atoms with Crippen LogP contribution in [0, 0.1) is 5.92 Å². The van der Waals surface area contributed by atoms with Crippen LogP contribution in [0.4, 0.5) is 0 Å². The van der Waals surface area contributed by atoms with Crippen molar-refractivity contribution in [2.75, 3.05) is 33.4 Å². The summed E-state index contributed by atoms with van der Waals surface area (Å²) in [6.07, 6.45) is 13.6. The fourth-order valence-corrected chi connectivity index (χ4v) is 5.98. The second kappa shape index (κ2) is 18.8. The fraction of sp³-hybridized carbons (Fsp3) is 0.436. The van der Waals surface area contributed by atoms with E-state index in [2.05, 4.69) is 53.5 Å². The Bertz CT molecular complexity index is 1340. The molecule has 1 aliphatic heterocycles. The van der Waals surface area contributed by atoms with Crippen molar-refractivity contribution in [3.63, 3.8) is 0 Å². The highest BCUT2D eigenvalue weighted by molar-refractivity contribution is 5.89. The summed E-state index contributed by atoms with van der Waals surface area (Å²) in [6, 6.07) is 26.3. The first kappa shape index (κ1) is 34.0. The zero-order valence-corrected chi connectivity index (χ0v) is 27.0. The molecule has 0 aliphatic carbocycles. The van der Waals surface area contributed by atoms with Gasteiger partial charge in [0, 0.05) is 5.56 Å². The van der Waals surface area contributed by atoms with Crippen molar-refractivity contribution in [3.8, 4) is 5.75 Å². The van der Waals surface area contributed by atoms with Crippen molar-refractivity contribution < 1.29 is 23.8 Å². The van der Waals surface area contributed by atoms with Gasteiger partial charge in [0.05, 0.1) is 25.9 Å². The Kier molecular flexibility index (Phi) is 14.2. The van der Waals surface area contributed by atoms with E-state index in [0.717, 1.165) is 87.8 Å². The summed E-state index contributed by atoms with van der Waals surface area (Å²) < 4.78 is 16.5. The first-order valence-electron chi connectivity index (χ1n) is 16.6. The molecule has 3 aromatic carbocycles. The molecule has 0 aromatic heterocycles. The molecule has 2 unspecified atom stereocenters. The van der Waals surface area contributed by atoms with E-state index in [0.29, 0.717) is 18.8 Å². The van der Waals surface area contributed by atoms with E-state index in [1.807, 2.05) is 49.4 Å². The van der Waals surface area contributed by atoms with Gasteiger partial charge < -0.3 is 14.2 Å². The van der Waals surface area contributed by atoms with Crippen molar-refractivity contribution in [2.24, 2.45) is 5.92 Å². The molecular weight excluding hydrogens is 562 g/mol. The van der Waals surface area contributed by atoms with Gasteiger partial charge in [-0.25, -0.2) is 4.79 Å². The Morgan fingerprint density at radius 2 is 1.69 bits per heavy atom. The van der Waals surface area contributed by atoms with Gasteiger partial charge in [-0.2, -0.15) is 0 Å². The van der Waals surface area contributed by atoms with Gasteiger partial charge in [0.25, 0.3) is 0 Å². The number of methoxy groups -OCH3 is 1. The van der Waals surface area contributed by atoms with E-state index >= 15 is 0 Å². The van der Waals surface area contributed by atoms with E-state index in [1.165, 1.54) is 12.7 Å². The molecule has 0 saturated carbocycles. The second-order valence-electron chi connectivity index (χ2n) is 11.8. The Labute approximate surface area is 269 Å². The number of likely N-dealkylation sites (tertiary alicyclic amines) is 1. The molecule has 3 aromatic rings. The first-order chi connectivity index (χ1) is 22.1. The maximum Gasteiger partial charge on any atom is 0.337 e. The Morgan fingerprint density at radius 1 is 0.911 bits per heavy atom. The number of para-hydroxylation sites is 1. The molecule has 1 aliphatic rings. The number of ether oxygens (including phenoxy) is 3. The number of benzene rings is 3. The van der Waals surface area contributed by atoms with Crippen LogP contribution in [0.15, 0.2) is 84.9 Å². The minimum atomic E-state index is -0.332. The van der Waals surface area contributed by atoms with Crippen LogP contribution in [-0.2, 0) is 27.1 Å².